The molecule has 0 radical (unpaired) electrons. The van der Waals surface area contributed by atoms with Crippen LogP contribution in [0.15, 0.2) is 6.20 Å². The first-order chi connectivity index (χ1) is 6.63. The van der Waals surface area contributed by atoms with E-state index in [1.807, 2.05) is 20.0 Å². The van der Waals surface area contributed by atoms with Gasteiger partial charge in [0.2, 0.25) is 0 Å². The van der Waals surface area contributed by atoms with E-state index in [0.29, 0.717) is 5.92 Å². The number of hydrogen-bond donors (Lipinski definition) is 1. The van der Waals surface area contributed by atoms with Gasteiger partial charge in [-0.25, -0.2) is 4.98 Å². The van der Waals surface area contributed by atoms with Crippen LogP contribution in [0.1, 0.15) is 50.5 Å². The Morgan fingerprint density at radius 1 is 1.57 bits per heavy atom. The van der Waals surface area contributed by atoms with Crippen LogP contribution >= 0.6 is 0 Å². The number of nitriles is 1. The van der Waals surface area contributed by atoms with Crippen LogP contribution in [0.25, 0.3) is 0 Å². The lowest BCUT2D eigenvalue weighted by Gasteiger charge is -2.23. The summed E-state index contributed by atoms with van der Waals surface area (Å²) < 4.78 is 0. The highest BCUT2D eigenvalue weighted by molar-refractivity contribution is 5.20. The van der Waals surface area contributed by atoms with Crippen molar-refractivity contribution in [1.82, 2.24) is 9.97 Å². The summed E-state index contributed by atoms with van der Waals surface area (Å²) in [6, 6.07) is 2.25. The first-order valence-electron chi connectivity index (χ1n) is 5.10. The Kier molecular flexibility index (Phi) is 2.07. The quantitative estimate of drug-likeness (QED) is 0.777. The molecule has 1 heterocycles. The molecule has 1 saturated carbocycles. The van der Waals surface area contributed by atoms with Crippen molar-refractivity contribution in [2.45, 2.75) is 44.4 Å². The Morgan fingerprint density at radius 2 is 2.29 bits per heavy atom. The van der Waals surface area contributed by atoms with Gasteiger partial charge in [-0.05, 0) is 26.7 Å². The van der Waals surface area contributed by atoms with Crippen LogP contribution in [-0.2, 0) is 5.41 Å². The topological polar surface area (TPSA) is 52.5 Å². The first-order valence-corrected chi connectivity index (χ1v) is 5.10. The van der Waals surface area contributed by atoms with Crippen molar-refractivity contribution in [3.63, 3.8) is 0 Å². The predicted molar refractivity (Wildman–Crippen MR) is 53.8 cm³/mol. The highest BCUT2D eigenvalue weighted by atomic mass is 14.9. The summed E-state index contributed by atoms with van der Waals surface area (Å²) in [5.74, 6) is 1.45. The first kappa shape index (κ1) is 9.26. The molecule has 1 aromatic rings. The molecule has 0 unspecified atom stereocenters. The highest BCUT2D eigenvalue weighted by Gasteiger charge is 2.26. The van der Waals surface area contributed by atoms with Crippen LogP contribution in [0.3, 0.4) is 0 Å². The van der Waals surface area contributed by atoms with Gasteiger partial charge in [0, 0.05) is 17.8 Å². The van der Waals surface area contributed by atoms with Crippen molar-refractivity contribution in [2.24, 2.45) is 0 Å². The van der Waals surface area contributed by atoms with Gasteiger partial charge in [-0.2, -0.15) is 5.26 Å². The molecule has 1 aromatic heterocycles. The molecule has 1 fully saturated rings. The molecule has 0 atom stereocenters. The third-order valence-electron chi connectivity index (χ3n) is 3.01. The summed E-state index contributed by atoms with van der Waals surface area (Å²) in [6.45, 7) is 3.77. The summed E-state index contributed by atoms with van der Waals surface area (Å²) >= 11 is 0. The average Bonchev–Trinajstić information content (AvgIpc) is 2.51. The average molecular weight is 189 g/mol. The van der Waals surface area contributed by atoms with Gasteiger partial charge in [-0.15, -0.1) is 0 Å². The molecule has 0 bridgehead atoms. The van der Waals surface area contributed by atoms with Gasteiger partial charge in [-0.1, -0.05) is 6.42 Å². The Balaban J connectivity index is 2.21. The Bertz CT molecular complexity index is 366. The second-order valence-electron chi connectivity index (χ2n) is 4.55. The van der Waals surface area contributed by atoms with E-state index in [4.69, 9.17) is 5.26 Å². The van der Waals surface area contributed by atoms with E-state index in [-0.39, 0.29) is 0 Å². The molecule has 0 amide bonds. The molecule has 0 spiro atoms. The third kappa shape index (κ3) is 1.41. The molecule has 3 nitrogen and oxygen atoms in total. The predicted octanol–water partition coefficient (Wildman–Crippen LogP) is 2.48. The van der Waals surface area contributed by atoms with Gasteiger partial charge < -0.3 is 4.98 Å². The van der Waals surface area contributed by atoms with Gasteiger partial charge >= 0.3 is 0 Å². The second-order valence-corrected chi connectivity index (χ2v) is 4.55. The van der Waals surface area contributed by atoms with Gasteiger partial charge in [0.05, 0.1) is 6.07 Å². The molecule has 14 heavy (non-hydrogen) atoms. The molecular formula is C11H15N3. The van der Waals surface area contributed by atoms with Crippen LogP contribution in [0.5, 0.6) is 0 Å². The number of rotatable bonds is 2. The van der Waals surface area contributed by atoms with Crippen LogP contribution in [0, 0.1) is 11.3 Å². The minimum atomic E-state index is -0.498. The molecule has 74 valence electrons. The van der Waals surface area contributed by atoms with Gasteiger partial charge in [0.15, 0.2) is 0 Å². The maximum Gasteiger partial charge on any atom is 0.126 e. The van der Waals surface area contributed by atoms with E-state index < -0.39 is 5.41 Å². The van der Waals surface area contributed by atoms with Crippen molar-refractivity contribution in [3.05, 3.63) is 17.7 Å². The van der Waals surface area contributed by atoms with E-state index in [1.165, 1.54) is 25.0 Å². The summed E-state index contributed by atoms with van der Waals surface area (Å²) in [5.41, 5.74) is 0.705. The lowest BCUT2D eigenvalue weighted by atomic mass is 9.83. The van der Waals surface area contributed by atoms with E-state index in [2.05, 4.69) is 16.0 Å². The SMILES string of the molecule is CC(C)(C#N)c1ncc(C2CCC2)[nH]1. The zero-order chi connectivity index (χ0) is 10.2. The lowest BCUT2D eigenvalue weighted by molar-refractivity contribution is 0.411. The third-order valence-corrected chi connectivity index (χ3v) is 3.01. The van der Waals surface area contributed by atoms with Gasteiger partial charge in [0.1, 0.15) is 11.2 Å². The summed E-state index contributed by atoms with van der Waals surface area (Å²) in [5, 5.41) is 8.96. The fourth-order valence-electron chi connectivity index (χ4n) is 1.63. The van der Waals surface area contributed by atoms with Crippen molar-refractivity contribution in [1.29, 1.82) is 5.26 Å². The summed E-state index contributed by atoms with van der Waals surface area (Å²) in [6.07, 6.45) is 5.72. The van der Waals surface area contributed by atoms with E-state index >= 15 is 0 Å². The van der Waals surface area contributed by atoms with Crippen LogP contribution < -0.4 is 0 Å². The summed E-state index contributed by atoms with van der Waals surface area (Å²) in [7, 11) is 0. The maximum absolute atomic E-state index is 8.96. The fourth-order valence-corrected chi connectivity index (χ4v) is 1.63. The molecule has 0 saturated heterocycles. The lowest BCUT2D eigenvalue weighted by Crippen LogP contribution is -2.16. The number of nitrogens with zero attached hydrogens (tertiary/aromatic N) is 2. The number of nitrogens with one attached hydrogen (secondary N) is 1. The monoisotopic (exact) mass is 189 g/mol. The molecule has 3 heteroatoms. The molecule has 1 N–H and O–H groups in total. The molecule has 2 rings (SSSR count). The molecule has 1 aliphatic carbocycles. The number of H-pyrrole nitrogens is 1. The number of hydrogen-bond acceptors (Lipinski definition) is 2. The van der Waals surface area contributed by atoms with Crippen molar-refractivity contribution < 1.29 is 0 Å². The molecule has 1 aliphatic rings. The van der Waals surface area contributed by atoms with Gasteiger partial charge in [0.25, 0.3) is 0 Å². The maximum atomic E-state index is 8.96. The molecule has 0 aromatic carbocycles. The van der Waals surface area contributed by atoms with Gasteiger partial charge in [-0.3, -0.25) is 0 Å². The normalized spacial score (nSPS) is 17.5. The number of imidazole rings is 1. The van der Waals surface area contributed by atoms with E-state index in [1.54, 1.807) is 0 Å². The zero-order valence-electron chi connectivity index (χ0n) is 8.67. The fraction of sp³-hybridized carbons (Fsp3) is 0.636. The standard InChI is InChI=1S/C11H15N3/c1-11(2,7-12)10-13-6-9(14-10)8-4-3-5-8/h6,8H,3-5H2,1-2H3,(H,13,14). The van der Waals surface area contributed by atoms with E-state index in [0.717, 1.165) is 5.82 Å². The smallest absolute Gasteiger partial charge is 0.126 e. The van der Waals surface area contributed by atoms with Crippen LogP contribution in [0.4, 0.5) is 0 Å². The Morgan fingerprint density at radius 3 is 2.79 bits per heavy atom. The van der Waals surface area contributed by atoms with Crippen LogP contribution in [0.2, 0.25) is 0 Å². The van der Waals surface area contributed by atoms with Crippen molar-refractivity contribution >= 4 is 0 Å². The number of aromatic amines is 1. The zero-order valence-corrected chi connectivity index (χ0v) is 8.67. The minimum Gasteiger partial charge on any atom is -0.344 e. The summed E-state index contributed by atoms with van der Waals surface area (Å²) in [4.78, 5) is 7.56. The number of aromatic nitrogens is 2. The Labute approximate surface area is 84.2 Å². The van der Waals surface area contributed by atoms with E-state index in [9.17, 15) is 0 Å². The molecule has 0 aliphatic heterocycles. The minimum absolute atomic E-state index is 0.498. The largest absolute Gasteiger partial charge is 0.344 e. The van der Waals surface area contributed by atoms with Crippen LogP contribution in [-0.4, -0.2) is 9.97 Å². The molecular weight excluding hydrogens is 174 g/mol. The van der Waals surface area contributed by atoms with Crippen molar-refractivity contribution in [3.8, 4) is 6.07 Å². The second kappa shape index (κ2) is 3.13. The highest BCUT2D eigenvalue weighted by Crippen LogP contribution is 2.35. The van der Waals surface area contributed by atoms with Crippen molar-refractivity contribution in [2.75, 3.05) is 0 Å². The Hall–Kier alpha value is -1.30.